The second-order valence-electron chi connectivity index (χ2n) is 5.66. The van der Waals surface area contributed by atoms with Gasteiger partial charge in [0, 0.05) is 28.3 Å². The fraction of sp³-hybridized carbons (Fsp3) is 0.571. The summed E-state index contributed by atoms with van der Waals surface area (Å²) < 4.78 is 1.17. The molecule has 1 aliphatic rings. The van der Waals surface area contributed by atoms with Gasteiger partial charge in [0.05, 0.1) is 0 Å². The lowest BCUT2D eigenvalue weighted by Gasteiger charge is -2.46. The van der Waals surface area contributed by atoms with E-state index in [0.29, 0.717) is 6.04 Å². The van der Waals surface area contributed by atoms with Gasteiger partial charge in [-0.15, -0.1) is 0 Å². The number of hydrogen-bond acceptors (Lipinski definition) is 2. The van der Waals surface area contributed by atoms with Gasteiger partial charge in [-0.25, -0.2) is 0 Å². The van der Waals surface area contributed by atoms with Crippen molar-refractivity contribution in [1.29, 1.82) is 0 Å². The van der Waals surface area contributed by atoms with E-state index in [1.807, 2.05) is 0 Å². The Kier molecular flexibility index (Phi) is 3.50. The van der Waals surface area contributed by atoms with Crippen LogP contribution in [0.3, 0.4) is 0 Å². The van der Waals surface area contributed by atoms with E-state index < -0.39 is 0 Å². The van der Waals surface area contributed by atoms with Gasteiger partial charge in [0.15, 0.2) is 0 Å². The van der Waals surface area contributed by atoms with Gasteiger partial charge < -0.3 is 10.6 Å². The van der Waals surface area contributed by atoms with Crippen molar-refractivity contribution in [2.75, 3.05) is 11.4 Å². The Morgan fingerprint density at radius 3 is 2.76 bits per heavy atom. The normalized spacial score (nSPS) is 23.8. The maximum Gasteiger partial charge on any atom is 0.0374 e. The predicted octanol–water partition coefficient (Wildman–Crippen LogP) is 3.46. The molecule has 0 radical (unpaired) electrons. The quantitative estimate of drug-likeness (QED) is 0.860. The molecule has 1 saturated heterocycles. The van der Waals surface area contributed by atoms with Crippen molar-refractivity contribution in [1.82, 2.24) is 0 Å². The van der Waals surface area contributed by atoms with Crippen LogP contribution in [0.2, 0.25) is 0 Å². The summed E-state index contributed by atoms with van der Waals surface area (Å²) in [6.45, 7) is 7.69. The predicted molar refractivity (Wildman–Crippen MR) is 77.5 cm³/mol. The Hall–Kier alpha value is -0.540. The second kappa shape index (κ2) is 4.62. The van der Waals surface area contributed by atoms with Crippen molar-refractivity contribution in [2.45, 2.75) is 45.2 Å². The molecule has 2 nitrogen and oxygen atoms in total. The number of halogens is 1. The molecule has 0 bridgehead atoms. The molecule has 17 heavy (non-hydrogen) atoms. The molecule has 2 rings (SSSR count). The van der Waals surface area contributed by atoms with Crippen LogP contribution in [0.5, 0.6) is 0 Å². The third-order valence-corrected chi connectivity index (χ3v) is 4.62. The van der Waals surface area contributed by atoms with Crippen LogP contribution >= 0.6 is 15.9 Å². The van der Waals surface area contributed by atoms with E-state index in [1.165, 1.54) is 15.7 Å². The third-order valence-electron chi connectivity index (χ3n) is 3.73. The summed E-state index contributed by atoms with van der Waals surface area (Å²) >= 11 is 3.55. The maximum atomic E-state index is 6.10. The summed E-state index contributed by atoms with van der Waals surface area (Å²) in [6.07, 6.45) is 2.28. The second-order valence-corrected chi connectivity index (χ2v) is 6.51. The number of piperidine rings is 1. The van der Waals surface area contributed by atoms with E-state index in [4.69, 9.17) is 5.73 Å². The molecule has 0 saturated carbocycles. The lowest BCUT2D eigenvalue weighted by Crippen LogP contribution is -2.54. The first-order chi connectivity index (χ1) is 7.90. The molecule has 1 atom stereocenters. The van der Waals surface area contributed by atoms with Crippen LogP contribution < -0.4 is 10.6 Å². The minimum absolute atomic E-state index is 0.205. The van der Waals surface area contributed by atoms with Crippen molar-refractivity contribution >= 4 is 21.6 Å². The number of nitrogens with two attached hydrogens (primary N) is 1. The molecule has 0 aromatic heterocycles. The van der Waals surface area contributed by atoms with Crippen LogP contribution in [0.25, 0.3) is 0 Å². The van der Waals surface area contributed by atoms with Crippen molar-refractivity contribution in [3.63, 3.8) is 0 Å². The molecular weight excluding hydrogens is 276 g/mol. The summed E-state index contributed by atoms with van der Waals surface area (Å²) in [7, 11) is 0. The highest BCUT2D eigenvalue weighted by Crippen LogP contribution is 2.33. The smallest absolute Gasteiger partial charge is 0.0374 e. The first kappa shape index (κ1) is 12.9. The van der Waals surface area contributed by atoms with Crippen LogP contribution in [-0.4, -0.2) is 18.1 Å². The number of anilines is 1. The molecule has 0 aliphatic carbocycles. The summed E-state index contributed by atoms with van der Waals surface area (Å²) in [5, 5.41) is 0. The van der Waals surface area contributed by atoms with Gasteiger partial charge in [-0.05, 0) is 57.4 Å². The number of hydrogen-bond donors (Lipinski definition) is 1. The largest absolute Gasteiger partial charge is 0.365 e. The van der Waals surface area contributed by atoms with Crippen LogP contribution in [0.15, 0.2) is 22.7 Å². The minimum atomic E-state index is 0.205. The molecule has 1 aromatic rings. The highest BCUT2D eigenvalue weighted by Gasteiger charge is 2.32. The average Bonchev–Trinajstić information content (AvgIpc) is 2.26. The van der Waals surface area contributed by atoms with Crippen LogP contribution in [0, 0.1) is 6.92 Å². The summed E-state index contributed by atoms with van der Waals surface area (Å²) in [5.41, 5.74) is 8.86. The highest BCUT2D eigenvalue weighted by molar-refractivity contribution is 9.10. The Bertz CT molecular complexity index is 415. The molecular formula is C14H21BrN2. The standard InChI is InChI=1S/C14H21BrN2/c1-10-8-12(4-5-13(10)15)17-9-11(16)6-7-14(17,2)3/h4-5,8,11H,6-7,9,16H2,1-3H3. The van der Waals surface area contributed by atoms with E-state index in [0.717, 1.165) is 19.4 Å². The third kappa shape index (κ3) is 2.66. The van der Waals surface area contributed by atoms with Gasteiger partial charge in [0.25, 0.3) is 0 Å². The lowest BCUT2D eigenvalue weighted by atomic mass is 9.87. The molecule has 1 heterocycles. The van der Waals surface area contributed by atoms with Crippen molar-refractivity contribution in [2.24, 2.45) is 5.73 Å². The zero-order valence-corrected chi connectivity index (χ0v) is 12.4. The number of rotatable bonds is 1. The molecule has 1 aromatic carbocycles. The van der Waals surface area contributed by atoms with Crippen LogP contribution in [-0.2, 0) is 0 Å². The summed E-state index contributed by atoms with van der Waals surface area (Å²) in [4.78, 5) is 2.45. The van der Waals surface area contributed by atoms with Crippen molar-refractivity contribution in [3.05, 3.63) is 28.2 Å². The van der Waals surface area contributed by atoms with E-state index >= 15 is 0 Å². The molecule has 2 N–H and O–H groups in total. The van der Waals surface area contributed by atoms with Crippen LogP contribution in [0.1, 0.15) is 32.3 Å². The van der Waals surface area contributed by atoms with E-state index in [2.05, 4.69) is 59.8 Å². The van der Waals surface area contributed by atoms with Gasteiger partial charge in [-0.1, -0.05) is 15.9 Å². The van der Waals surface area contributed by atoms with E-state index in [-0.39, 0.29) is 5.54 Å². The maximum absolute atomic E-state index is 6.10. The fourth-order valence-corrected chi connectivity index (χ4v) is 2.74. The molecule has 94 valence electrons. The number of aryl methyl sites for hydroxylation is 1. The van der Waals surface area contributed by atoms with Crippen LogP contribution in [0.4, 0.5) is 5.69 Å². The molecule has 1 aliphatic heterocycles. The lowest BCUT2D eigenvalue weighted by molar-refractivity contribution is 0.335. The molecule has 1 fully saturated rings. The number of nitrogens with zero attached hydrogens (tertiary/aromatic N) is 1. The van der Waals surface area contributed by atoms with Gasteiger partial charge >= 0.3 is 0 Å². The van der Waals surface area contributed by atoms with Gasteiger partial charge in [0.2, 0.25) is 0 Å². The zero-order valence-electron chi connectivity index (χ0n) is 10.8. The molecule has 0 spiro atoms. The molecule has 1 unspecified atom stereocenters. The number of benzene rings is 1. The SMILES string of the molecule is Cc1cc(N2CC(N)CCC2(C)C)ccc1Br. The Morgan fingerprint density at radius 2 is 2.12 bits per heavy atom. The zero-order chi connectivity index (χ0) is 12.6. The van der Waals surface area contributed by atoms with Gasteiger partial charge in [-0.3, -0.25) is 0 Å². The monoisotopic (exact) mass is 296 g/mol. The fourth-order valence-electron chi connectivity index (χ4n) is 2.50. The molecule has 0 amide bonds. The van der Waals surface area contributed by atoms with Crippen molar-refractivity contribution in [3.8, 4) is 0 Å². The Labute approximate surface area is 112 Å². The summed E-state index contributed by atoms with van der Waals surface area (Å²) in [6, 6.07) is 6.84. The first-order valence-electron chi connectivity index (χ1n) is 6.19. The van der Waals surface area contributed by atoms with Gasteiger partial charge in [-0.2, -0.15) is 0 Å². The topological polar surface area (TPSA) is 29.3 Å². The summed E-state index contributed by atoms with van der Waals surface area (Å²) in [5.74, 6) is 0. The molecule has 3 heteroatoms. The average molecular weight is 297 g/mol. The Balaban J connectivity index is 2.33. The highest BCUT2D eigenvalue weighted by atomic mass is 79.9. The van der Waals surface area contributed by atoms with E-state index in [9.17, 15) is 0 Å². The minimum Gasteiger partial charge on any atom is -0.365 e. The van der Waals surface area contributed by atoms with E-state index in [1.54, 1.807) is 0 Å². The van der Waals surface area contributed by atoms with Gasteiger partial charge in [0.1, 0.15) is 0 Å². The Morgan fingerprint density at radius 1 is 1.41 bits per heavy atom. The first-order valence-corrected chi connectivity index (χ1v) is 6.99. The van der Waals surface area contributed by atoms with Crippen molar-refractivity contribution < 1.29 is 0 Å².